The summed E-state index contributed by atoms with van der Waals surface area (Å²) in [7, 11) is 0. The number of carbonyl (C=O) groups excluding carboxylic acids is 1. The minimum absolute atomic E-state index is 0.205. The predicted octanol–water partition coefficient (Wildman–Crippen LogP) is -0.633. The number of aliphatic hydroxyl groups excluding tert-OH is 1. The van der Waals surface area contributed by atoms with Crippen LogP contribution in [0.1, 0.15) is 23.3 Å². The van der Waals surface area contributed by atoms with E-state index in [2.05, 4.69) is 10.2 Å². The summed E-state index contributed by atoms with van der Waals surface area (Å²) < 4.78 is 0. The maximum absolute atomic E-state index is 11.9. The highest BCUT2D eigenvalue weighted by atomic mass is 16.3. The first kappa shape index (κ1) is 10.8. The smallest absolute Gasteiger partial charge is 0.274 e. The molecule has 0 atom stereocenters. The molecule has 1 aromatic rings. The Hall–Kier alpha value is -1.69. The molecule has 0 aromatic carbocycles. The van der Waals surface area contributed by atoms with Crippen LogP contribution >= 0.6 is 0 Å². The average molecular weight is 223 g/mol. The Bertz CT molecular complexity index is 415. The van der Waals surface area contributed by atoms with Crippen LogP contribution in [-0.4, -0.2) is 45.3 Å². The molecule has 0 spiro atoms. The molecule has 1 amide bonds. The minimum Gasteiger partial charge on any atom is -0.393 e. The molecule has 2 heterocycles. The van der Waals surface area contributed by atoms with Crippen LogP contribution in [0.5, 0.6) is 0 Å². The van der Waals surface area contributed by atoms with Crippen molar-refractivity contribution in [3.8, 4) is 0 Å². The van der Waals surface area contributed by atoms with Crippen LogP contribution in [0.4, 0.5) is 0 Å². The van der Waals surface area contributed by atoms with E-state index in [1.165, 1.54) is 12.1 Å². The molecule has 86 valence electrons. The van der Waals surface area contributed by atoms with Crippen molar-refractivity contribution >= 4 is 5.91 Å². The van der Waals surface area contributed by atoms with Gasteiger partial charge in [0.15, 0.2) is 0 Å². The van der Waals surface area contributed by atoms with Gasteiger partial charge in [-0.2, -0.15) is 5.10 Å². The van der Waals surface area contributed by atoms with Gasteiger partial charge >= 0.3 is 0 Å². The van der Waals surface area contributed by atoms with Crippen LogP contribution in [0, 0.1) is 0 Å². The van der Waals surface area contributed by atoms with Gasteiger partial charge in [0.25, 0.3) is 11.5 Å². The van der Waals surface area contributed by atoms with Crippen molar-refractivity contribution in [3.05, 3.63) is 28.2 Å². The van der Waals surface area contributed by atoms with E-state index in [-0.39, 0.29) is 23.3 Å². The van der Waals surface area contributed by atoms with Crippen LogP contribution in [0.3, 0.4) is 0 Å². The molecule has 1 fully saturated rings. The Morgan fingerprint density at radius 1 is 1.44 bits per heavy atom. The first-order chi connectivity index (χ1) is 7.66. The number of aliphatic hydroxyl groups is 1. The topological polar surface area (TPSA) is 86.3 Å². The number of nitrogens with one attached hydrogen (secondary N) is 1. The lowest BCUT2D eigenvalue weighted by molar-refractivity contribution is 0.0540. The summed E-state index contributed by atoms with van der Waals surface area (Å²) in [4.78, 5) is 24.3. The summed E-state index contributed by atoms with van der Waals surface area (Å²) in [5, 5.41) is 15.2. The molecule has 1 aromatic heterocycles. The molecule has 2 N–H and O–H groups in total. The van der Waals surface area contributed by atoms with Crippen molar-refractivity contribution in [1.82, 2.24) is 15.1 Å². The number of likely N-dealkylation sites (tertiary alicyclic amines) is 1. The molecule has 1 aliphatic rings. The molecule has 1 saturated heterocycles. The molecule has 16 heavy (non-hydrogen) atoms. The molecule has 6 nitrogen and oxygen atoms in total. The molecular weight excluding hydrogens is 210 g/mol. The molecule has 0 unspecified atom stereocenters. The summed E-state index contributed by atoms with van der Waals surface area (Å²) in [5.74, 6) is -0.205. The van der Waals surface area contributed by atoms with Gasteiger partial charge in [-0.3, -0.25) is 9.59 Å². The standard InChI is InChI=1S/C10H13N3O3/c14-7-3-5-13(6-4-7)10(16)8-1-2-9(15)12-11-8/h1-2,7,14H,3-6H2,(H,12,15). The highest BCUT2D eigenvalue weighted by molar-refractivity contribution is 5.92. The van der Waals surface area contributed by atoms with Crippen molar-refractivity contribution in [1.29, 1.82) is 0 Å². The highest BCUT2D eigenvalue weighted by Crippen LogP contribution is 2.11. The zero-order valence-electron chi connectivity index (χ0n) is 8.72. The minimum atomic E-state index is -0.328. The normalized spacial score (nSPS) is 17.4. The number of H-pyrrole nitrogens is 1. The number of hydrogen-bond acceptors (Lipinski definition) is 4. The molecular formula is C10H13N3O3. The van der Waals surface area contributed by atoms with E-state index in [4.69, 9.17) is 0 Å². The molecule has 6 heteroatoms. The summed E-state index contributed by atoms with van der Waals surface area (Å²) in [6, 6.07) is 2.69. The van der Waals surface area contributed by atoms with E-state index in [0.29, 0.717) is 25.9 Å². The van der Waals surface area contributed by atoms with Crippen molar-refractivity contribution < 1.29 is 9.90 Å². The molecule has 0 radical (unpaired) electrons. The number of amides is 1. The van der Waals surface area contributed by atoms with E-state index < -0.39 is 0 Å². The highest BCUT2D eigenvalue weighted by Gasteiger charge is 2.22. The van der Waals surface area contributed by atoms with Gasteiger partial charge in [-0.25, -0.2) is 5.10 Å². The lowest BCUT2D eigenvalue weighted by atomic mass is 10.1. The predicted molar refractivity (Wildman–Crippen MR) is 56.0 cm³/mol. The third-order valence-electron chi connectivity index (χ3n) is 2.65. The lowest BCUT2D eigenvalue weighted by Gasteiger charge is -2.29. The number of piperidine rings is 1. The second-order valence-corrected chi connectivity index (χ2v) is 3.83. The third kappa shape index (κ3) is 2.27. The number of nitrogens with zero attached hydrogens (tertiary/aromatic N) is 2. The first-order valence-corrected chi connectivity index (χ1v) is 5.20. The van der Waals surface area contributed by atoms with Crippen molar-refractivity contribution in [3.63, 3.8) is 0 Å². The third-order valence-corrected chi connectivity index (χ3v) is 2.65. The van der Waals surface area contributed by atoms with Crippen LogP contribution in [0.2, 0.25) is 0 Å². The van der Waals surface area contributed by atoms with Gasteiger partial charge < -0.3 is 10.0 Å². The van der Waals surface area contributed by atoms with E-state index in [1.54, 1.807) is 4.90 Å². The monoisotopic (exact) mass is 223 g/mol. The quantitative estimate of drug-likeness (QED) is 0.663. The average Bonchev–Trinajstić information content (AvgIpc) is 2.30. The summed E-state index contributed by atoms with van der Waals surface area (Å²) in [6.07, 6.45) is 0.872. The van der Waals surface area contributed by atoms with Crippen molar-refractivity contribution in [2.75, 3.05) is 13.1 Å². The van der Waals surface area contributed by atoms with E-state index in [9.17, 15) is 14.7 Å². The SMILES string of the molecule is O=C(c1ccc(=O)[nH]n1)N1CCC(O)CC1. The fraction of sp³-hybridized carbons (Fsp3) is 0.500. The first-order valence-electron chi connectivity index (χ1n) is 5.20. The molecule has 2 rings (SSSR count). The summed E-state index contributed by atoms with van der Waals surface area (Å²) in [5.41, 5.74) is -0.0957. The van der Waals surface area contributed by atoms with Gasteiger partial charge in [0.2, 0.25) is 0 Å². The largest absolute Gasteiger partial charge is 0.393 e. The number of carbonyl (C=O) groups is 1. The van der Waals surface area contributed by atoms with Gasteiger partial charge in [0.05, 0.1) is 6.10 Å². The van der Waals surface area contributed by atoms with Gasteiger partial charge in [0.1, 0.15) is 5.69 Å². The van der Waals surface area contributed by atoms with Gasteiger partial charge in [0, 0.05) is 19.2 Å². The van der Waals surface area contributed by atoms with Crippen LogP contribution in [-0.2, 0) is 0 Å². The Balaban J connectivity index is 2.07. The van der Waals surface area contributed by atoms with E-state index in [1.807, 2.05) is 0 Å². The lowest BCUT2D eigenvalue weighted by Crippen LogP contribution is -2.40. The fourth-order valence-corrected chi connectivity index (χ4v) is 1.69. The van der Waals surface area contributed by atoms with Crippen molar-refractivity contribution in [2.24, 2.45) is 0 Å². The molecule has 0 bridgehead atoms. The van der Waals surface area contributed by atoms with Gasteiger partial charge in [-0.05, 0) is 18.9 Å². The molecule has 0 aliphatic carbocycles. The van der Waals surface area contributed by atoms with Gasteiger partial charge in [-0.1, -0.05) is 0 Å². The fourth-order valence-electron chi connectivity index (χ4n) is 1.69. The Morgan fingerprint density at radius 2 is 2.12 bits per heavy atom. The maximum atomic E-state index is 11.9. The van der Waals surface area contributed by atoms with Crippen LogP contribution in [0.25, 0.3) is 0 Å². The molecule has 0 saturated carbocycles. The number of rotatable bonds is 1. The van der Waals surface area contributed by atoms with E-state index in [0.717, 1.165) is 0 Å². The zero-order chi connectivity index (χ0) is 11.5. The Morgan fingerprint density at radius 3 is 2.69 bits per heavy atom. The number of aromatic amines is 1. The zero-order valence-corrected chi connectivity index (χ0v) is 8.72. The molecule has 1 aliphatic heterocycles. The summed E-state index contributed by atoms with van der Waals surface area (Å²) in [6.45, 7) is 1.06. The Kier molecular flexibility index (Phi) is 3.00. The Labute approximate surface area is 91.9 Å². The van der Waals surface area contributed by atoms with Crippen LogP contribution in [0.15, 0.2) is 16.9 Å². The van der Waals surface area contributed by atoms with Crippen LogP contribution < -0.4 is 5.56 Å². The van der Waals surface area contributed by atoms with E-state index >= 15 is 0 Å². The number of aromatic nitrogens is 2. The second kappa shape index (κ2) is 4.44. The summed E-state index contributed by atoms with van der Waals surface area (Å²) >= 11 is 0. The maximum Gasteiger partial charge on any atom is 0.274 e. The second-order valence-electron chi connectivity index (χ2n) is 3.83. The van der Waals surface area contributed by atoms with Gasteiger partial charge in [-0.15, -0.1) is 0 Å². The number of hydrogen-bond donors (Lipinski definition) is 2. The van der Waals surface area contributed by atoms with Crippen molar-refractivity contribution in [2.45, 2.75) is 18.9 Å².